The van der Waals surface area contributed by atoms with Crippen molar-refractivity contribution in [1.82, 2.24) is 0 Å². The van der Waals surface area contributed by atoms with Crippen LogP contribution in [0, 0.1) is 28.6 Å². The van der Waals surface area contributed by atoms with Crippen molar-refractivity contribution in [2.45, 2.75) is 71.6 Å². The first-order valence-electron chi connectivity index (χ1n) is 10.8. The molecule has 0 amide bonds. The summed E-state index contributed by atoms with van der Waals surface area (Å²) < 4.78 is 6.15. The van der Waals surface area contributed by atoms with Crippen molar-refractivity contribution >= 4 is 5.97 Å². The van der Waals surface area contributed by atoms with E-state index in [0.29, 0.717) is 11.8 Å². The van der Waals surface area contributed by atoms with Gasteiger partial charge >= 0.3 is 5.97 Å². The van der Waals surface area contributed by atoms with Crippen LogP contribution in [0.5, 0.6) is 5.75 Å². The summed E-state index contributed by atoms with van der Waals surface area (Å²) in [6.07, 6.45) is 11.4. The van der Waals surface area contributed by atoms with Gasteiger partial charge in [0.25, 0.3) is 0 Å². The number of aliphatic carboxylic acids is 1. The van der Waals surface area contributed by atoms with Crippen molar-refractivity contribution in [2.24, 2.45) is 28.6 Å². The molecular formula is C24H34O3. The Labute approximate surface area is 163 Å². The highest BCUT2D eigenvalue weighted by molar-refractivity contribution is 5.73. The number of carboxylic acids is 1. The highest BCUT2D eigenvalue weighted by Gasteiger charge is 2.50. The van der Waals surface area contributed by atoms with Crippen molar-refractivity contribution in [1.29, 1.82) is 0 Å². The summed E-state index contributed by atoms with van der Waals surface area (Å²) in [5, 5.41) is 9.28. The molecule has 4 bridgehead atoms. The average Bonchev–Trinajstić information content (AvgIpc) is 2.59. The van der Waals surface area contributed by atoms with Crippen LogP contribution in [0.1, 0.15) is 70.8 Å². The van der Waals surface area contributed by atoms with Gasteiger partial charge in [0.05, 0.1) is 12.0 Å². The number of hydrogen-bond donors (Lipinski definition) is 1. The minimum absolute atomic E-state index is 0.567. The SMILES string of the molecule is CC(C)(CCc1cccc(OCCC23CC4CC(CC(C4)C2)C3)c1)C(=O)O. The van der Waals surface area contributed by atoms with Gasteiger partial charge in [-0.05, 0) is 112 Å². The van der Waals surface area contributed by atoms with Crippen LogP contribution in [0.4, 0.5) is 0 Å². The van der Waals surface area contributed by atoms with Crippen LogP contribution >= 0.6 is 0 Å². The molecule has 4 fully saturated rings. The largest absolute Gasteiger partial charge is 0.494 e. The van der Waals surface area contributed by atoms with Crippen LogP contribution in [0.2, 0.25) is 0 Å². The first-order valence-corrected chi connectivity index (χ1v) is 10.8. The van der Waals surface area contributed by atoms with Crippen molar-refractivity contribution in [3.63, 3.8) is 0 Å². The molecule has 0 radical (unpaired) electrons. The molecule has 4 aliphatic rings. The van der Waals surface area contributed by atoms with Gasteiger partial charge in [0.15, 0.2) is 0 Å². The summed E-state index contributed by atoms with van der Waals surface area (Å²) in [4.78, 5) is 11.3. The lowest BCUT2D eigenvalue weighted by molar-refractivity contribution is -0.147. The second kappa shape index (κ2) is 7.14. The molecule has 0 atom stereocenters. The Morgan fingerprint density at radius 1 is 1.15 bits per heavy atom. The lowest BCUT2D eigenvalue weighted by Crippen LogP contribution is -2.46. The van der Waals surface area contributed by atoms with E-state index in [1.54, 1.807) is 13.8 Å². The Morgan fingerprint density at radius 3 is 2.37 bits per heavy atom. The van der Waals surface area contributed by atoms with Crippen molar-refractivity contribution in [3.05, 3.63) is 29.8 Å². The van der Waals surface area contributed by atoms with E-state index in [1.807, 2.05) is 12.1 Å². The van der Waals surface area contributed by atoms with E-state index in [0.717, 1.165) is 42.1 Å². The zero-order chi connectivity index (χ0) is 19.1. The summed E-state index contributed by atoms with van der Waals surface area (Å²) >= 11 is 0. The van der Waals surface area contributed by atoms with Crippen LogP contribution in [0.15, 0.2) is 24.3 Å². The smallest absolute Gasteiger partial charge is 0.309 e. The molecule has 3 heteroatoms. The minimum Gasteiger partial charge on any atom is -0.494 e. The Balaban J connectivity index is 1.30. The van der Waals surface area contributed by atoms with E-state index >= 15 is 0 Å². The Hall–Kier alpha value is -1.51. The zero-order valence-corrected chi connectivity index (χ0v) is 16.9. The van der Waals surface area contributed by atoms with E-state index in [2.05, 4.69) is 12.1 Å². The molecular weight excluding hydrogens is 336 g/mol. The fourth-order valence-electron chi connectivity index (χ4n) is 6.34. The Kier molecular flexibility index (Phi) is 4.98. The summed E-state index contributed by atoms with van der Waals surface area (Å²) in [5.41, 5.74) is 1.05. The number of carbonyl (C=O) groups is 1. The van der Waals surface area contributed by atoms with Gasteiger partial charge in [-0.2, -0.15) is 0 Å². The molecule has 0 heterocycles. The molecule has 5 rings (SSSR count). The molecule has 148 valence electrons. The van der Waals surface area contributed by atoms with Gasteiger partial charge in [0.1, 0.15) is 5.75 Å². The maximum absolute atomic E-state index is 11.3. The maximum atomic E-state index is 11.3. The van der Waals surface area contributed by atoms with Crippen molar-refractivity contribution in [3.8, 4) is 5.75 Å². The number of aryl methyl sites for hydroxylation is 1. The zero-order valence-electron chi connectivity index (χ0n) is 16.9. The molecule has 0 spiro atoms. The third kappa shape index (κ3) is 4.17. The number of benzene rings is 1. The number of carboxylic acid groups (broad SMARTS) is 1. The summed E-state index contributed by atoms with van der Waals surface area (Å²) in [7, 11) is 0. The summed E-state index contributed by atoms with van der Waals surface area (Å²) in [6.45, 7) is 4.40. The second-order valence-electron chi connectivity index (χ2n) is 10.4. The number of ether oxygens (including phenoxy) is 1. The van der Waals surface area contributed by atoms with Crippen LogP contribution in [0.25, 0.3) is 0 Å². The van der Waals surface area contributed by atoms with Gasteiger partial charge in [0, 0.05) is 0 Å². The maximum Gasteiger partial charge on any atom is 0.309 e. The number of rotatable bonds is 8. The van der Waals surface area contributed by atoms with E-state index < -0.39 is 11.4 Å². The lowest BCUT2D eigenvalue weighted by Gasteiger charge is -2.57. The molecule has 0 saturated heterocycles. The predicted octanol–water partition coefficient (Wildman–Crippen LogP) is 5.72. The Bertz CT molecular complexity index is 655. The van der Waals surface area contributed by atoms with Gasteiger partial charge in [-0.1, -0.05) is 12.1 Å². The fourth-order valence-corrected chi connectivity index (χ4v) is 6.34. The molecule has 0 aliphatic heterocycles. The first-order chi connectivity index (χ1) is 12.8. The fraction of sp³-hybridized carbons (Fsp3) is 0.708. The molecule has 1 aromatic carbocycles. The van der Waals surface area contributed by atoms with Crippen molar-refractivity contribution in [2.75, 3.05) is 6.61 Å². The predicted molar refractivity (Wildman–Crippen MR) is 107 cm³/mol. The van der Waals surface area contributed by atoms with Crippen molar-refractivity contribution < 1.29 is 14.6 Å². The quantitative estimate of drug-likeness (QED) is 0.637. The van der Waals surface area contributed by atoms with Crippen LogP contribution in [-0.2, 0) is 11.2 Å². The van der Waals surface area contributed by atoms with Gasteiger partial charge in [-0.3, -0.25) is 4.79 Å². The monoisotopic (exact) mass is 370 g/mol. The van der Waals surface area contributed by atoms with Gasteiger partial charge < -0.3 is 9.84 Å². The van der Waals surface area contributed by atoms with Crippen LogP contribution in [-0.4, -0.2) is 17.7 Å². The van der Waals surface area contributed by atoms with E-state index in [4.69, 9.17) is 4.74 Å². The standard InChI is InChI=1S/C24H34O3/c1-23(2,22(25)26)7-6-17-4-3-5-21(13-17)27-9-8-24-14-18-10-19(15-24)12-20(11-18)16-24/h3-5,13,18-20H,6-12,14-16H2,1-2H3,(H,25,26). The average molecular weight is 371 g/mol. The second-order valence-corrected chi connectivity index (χ2v) is 10.4. The Morgan fingerprint density at radius 2 is 1.78 bits per heavy atom. The lowest BCUT2D eigenvalue weighted by atomic mass is 9.49. The third-order valence-corrected chi connectivity index (χ3v) is 7.58. The normalized spacial score (nSPS) is 31.9. The summed E-state index contributed by atoms with van der Waals surface area (Å²) in [6, 6.07) is 8.23. The highest BCUT2D eigenvalue weighted by Crippen LogP contribution is 2.61. The van der Waals surface area contributed by atoms with Crippen LogP contribution in [0.3, 0.4) is 0 Å². The van der Waals surface area contributed by atoms with E-state index in [9.17, 15) is 9.90 Å². The molecule has 0 unspecified atom stereocenters. The molecule has 1 N–H and O–H groups in total. The molecule has 4 aliphatic carbocycles. The molecule has 27 heavy (non-hydrogen) atoms. The first kappa shape index (κ1) is 18.8. The van der Waals surface area contributed by atoms with Gasteiger partial charge in [-0.15, -0.1) is 0 Å². The minimum atomic E-state index is -0.731. The number of hydrogen-bond acceptors (Lipinski definition) is 2. The highest BCUT2D eigenvalue weighted by atomic mass is 16.5. The molecule has 0 aromatic heterocycles. The van der Waals surface area contributed by atoms with E-state index in [-0.39, 0.29) is 0 Å². The van der Waals surface area contributed by atoms with Crippen LogP contribution < -0.4 is 4.74 Å². The van der Waals surface area contributed by atoms with E-state index in [1.165, 1.54) is 44.9 Å². The third-order valence-electron chi connectivity index (χ3n) is 7.58. The molecule has 3 nitrogen and oxygen atoms in total. The molecule has 1 aromatic rings. The van der Waals surface area contributed by atoms with Gasteiger partial charge in [-0.25, -0.2) is 0 Å². The topological polar surface area (TPSA) is 46.5 Å². The summed E-state index contributed by atoms with van der Waals surface area (Å²) in [5.74, 6) is 3.20. The molecule has 4 saturated carbocycles. The van der Waals surface area contributed by atoms with Gasteiger partial charge in [0.2, 0.25) is 0 Å².